The Hall–Kier alpha value is -0.610. The molecule has 0 aliphatic carbocycles. The zero-order valence-corrected chi connectivity index (χ0v) is 6.71. The van der Waals surface area contributed by atoms with E-state index < -0.39 is 0 Å². The summed E-state index contributed by atoms with van der Waals surface area (Å²) in [5.41, 5.74) is 0. The molecule has 0 radical (unpaired) electrons. The number of hydrogen-bond donors (Lipinski definition) is 2. The maximum absolute atomic E-state index is 10.8. The van der Waals surface area contributed by atoms with Gasteiger partial charge in [0.1, 0.15) is 0 Å². The highest BCUT2D eigenvalue weighted by atomic mass is 16.3. The average molecular weight is 158 g/mol. The van der Waals surface area contributed by atoms with Crippen molar-refractivity contribution in [1.29, 1.82) is 0 Å². The Bertz CT molecular complexity index is 149. The van der Waals surface area contributed by atoms with Crippen LogP contribution in [-0.4, -0.2) is 48.7 Å². The van der Waals surface area contributed by atoms with Crippen LogP contribution in [-0.2, 0) is 4.79 Å². The van der Waals surface area contributed by atoms with E-state index in [1.54, 1.807) is 7.05 Å². The highest BCUT2D eigenvalue weighted by Gasteiger charge is 2.21. The van der Waals surface area contributed by atoms with Gasteiger partial charge in [-0.05, 0) is 6.42 Å². The molecule has 64 valence electrons. The van der Waals surface area contributed by atoms with Crippen LogP contribution in [0.15, 0.2) is 0 Å². The molecule has 1 aliphatic rings. The molecule has 1 heterocycles. The Morgan fingerprint density at radius 2 is 2.55 bits per heavy atom. The number of likely N-dealkylation sites (tertiary alicyclic amines) is 1. The highest BCUT2D eigenvalue weighted by molar-refractivity contribution is 5.77. The van der Waals surface area contributed by atoms with Gasteiger partial charge in [0, 0.05) is 20.1 Å². The van der Waals surface area contributed by atoms with Gasteiger partial charge < -0.3 is 10.4 Å². The fraction of sp³-hybridized carbons (Fsp3) is 0.857. The quantitative estimate of drug-likeness (QED) is 0.530. The standard InChI is InChI=1S/C7H14N2O2/c1-8-7(11)5-9-3-2-6(10)4-9/h6,10H,2-5H2,1H3,(H,8,11). The largest absolute Gasteiger partial charge is 0.392 e. The molecule has 1 aliphatic heterocycles. The third-order valence-electron chi connectivity index (χ3n) is 1.89. The van der Waals surface area contributed by atoms with E-state index in [1.807, 2.05) is 4.90 Å². The van der Waals surface area contributed by atoms with Gasteiger partial charge in [-0.25, -0.2) is 0 Å². The van der Waals surface area contributed by atoms with Crippen LogP contribution in [0.1, 0.15) is 6.42 Å². The Balaban J connectivity index is 2.23. The summed E-state index contributed by atoms with van der Waals surface area (Å²) in [7, 11) is 1.62. The van der Waals surface area contributed by atoms with Gasteiger partial charge in [-0.2, -0.15) is 0 Å². The summed E-state index contributed by atoms with van der Waals surface area (Å²) in [6.07, 6.45) is 0.552. The van der Waals surface area contributed by atoms with Gasteiger partial charge in [-0.15, -0.1) is 0 Å². The predicted octanol–water partition coefficient (Wildman–Crippen LogP) is -1.20. The number of carbonyl (C=O) groups is 1. The average Bonchev–Trinajstić information content (AvgIpc) is 2.35. The minimum absolute atomic E-state index is 0.0131. The van der Waals surface area contributed by atoms with E-state index in [4.69, 9.17) is 5.11 Å². The first-order chi connectivity index (χ1) is 5.22. The number of β-amino-alcohol motifs (C(OH)–C–C–N with tert-alkyl or cyclic N) is 1. The molecule has 11 heavy (non-hydrogen) atoms. The van der Waals surface area contributed by atoms with Gasteiger partial charge in [0.05, 0.1) is 12.6 Å². The van der Waals surface area contributed by atoms with E-state index in [2.05, 4.69) is 5.32 Å². The van der Waals surface area contributed by atoms with E-state index >= 15 is 0 Å². The number of rotatable bonds is 2. The van der Waals surface area contributed by atoms with Crippen LogP contribution in [0.25, 0.3) is 0 Å². The van der Waals surface area contributed by atoms with E-state index in [0.717, 1.165) is 13.0 Å². The molecule has 1 rings (SSSR count). The van der Waals surface area contributed by atoms with E-state index in [-0.39, 0.29) is 12.0 Å². The smallest absolute Gasteiger partial charge is 0.233 e. The van der Waals surface area contributed by atoms with Crippen LogP contribution in [0.4, 0.5) is 0 Å². The van der Waals surface area contributed by atoms with Crippen LogP contribution in [0.5, 0.6) is 0 Å². The van der Waals surface area contributed by atoms with Crippen molar-refractivity contribution in [2.45, 2.75) is 12.5 Å². The van der Waals surface area contributed by atoms with Crippen molar-refractivity contribution < 1.29 is 9.90 Å². The molecular formula is C7H14N2O2. The lowest BCUT2D eigenvalue weighted by atomic mass is 10.3. The monoisotopic (exact) mass is 158 g/mol. The van der Waals surface area contributed by atoms with Gasteiger partial charge in [-0.3, -0.25) is 9.69 Å². The Morgan fingerprint density at radius 3 is 3.00 bits per heavy atom. The van der Waals surface area contributed by atoms with Crippen LogP contribution in [0.3, 0.4) is 0 Å². The molecular weight excluding hydrogens is 144 g/mol. The SMILES string of the molecule is CNC(=O)CN1CCC(O)C1. The summed E-state index contributed by atoms with van der Waals surface area (Å²) < 4.78 is 0. The van der Waals surface area contributed by atoms with Crippen molar-refractivity contribution in [2.75, 3.05) is 26.7 Å². The second-order valence-corrected chi connectivity index (χ2v) is 2.85. The lowest BCUT2D eigenvalue weighted by Crippen LogP contribution is -2.34. The minimum atomic E-state index is -0.236. The lowest BCUT2D eigenvalue weighted by Gasteiger charge is -2.12. The summed E-state index contributed by atoms with van der Waals surface area (Å²) in [6.45, 7) is 1.87. The van der Waals surface area contributed by atoms with E-state index in [1.165, 1.54) is 0 Å². The highest BCUT2D eigenvalue weighted by Crippen LogP contribution is 2.06. The third kappa shape index (κ3) is 2.48. The number of nitrogens with zero attached hydrogens (tertiary/aromatic N) is 1. The topological polar surface area (TPSA) is 52.6 Å². The van der Waals surface area contributed by atoms with Gasteiger partial charge in [0.2, 0.25) is 5.91 Å². The summed E-state index contributed by atoms with van der Waals surface area (Å²) >= 11 is 0. The molecule has 0 aromatic carbocycles. The fourth-order valence-corrected chi connectivity index (χ4v) is 1.24. The van der Waals surface area contributed by atoms with Crippen LogP contribution in [0.2, 0.25) is 0 Å². The maximum Gasteiger partial charge on any atom is 0.233 e. The van der Waals surface area contributed by atoms with Gasteiger partial charge in [-0.1, -0.05) is 0 Å². The van der Waals surface area contributed by atoms with Gasteiger partial charge in [0.25, 0.3) is 0 Å². The zero-order valence-electron chi connectivity index (χ0n) is 6.71. The summed E-state index contributed by atoms with van der Waals surface area (Å²) in [4.78, 5) is 12.8. The van der Waals surface area contributed by atoms with E-state index in [9.17, 15) is 4.79 Å². The molecule has 1 amide bonds. The molecule has 0 aromatic rings. The second kappa shape index (κ2) is 3.69. The van der Waals surface area contributed by atoms with Crippen molar-refractivity contribution in [2.24, 2.45) is 0 Å². The first-order valence-electron chi connectivity index (χ1n) is 3.83. The van der Waals surface area contributed by atoms with E-state index in [0.29, 0.717) is 13.1 Å². The van der Waals surface area contributed by atoms with Gasteiger partial charge in [0.15, 0.2) is 0 Å². The summed E-state index contributed by atoms with van der Waals surface area (Å²) in [5.74, 6) is 0.0131. The number of amides is 1. The molecule has 1 saturated heterocycles. The lowest BCUT2D eigenvalue weighted by molar-refractivity contribution is -0.121. The number of carbonyl (C=O) groups excluding carboxylic acids is 1. The van der Waals surface area contributed by atoms with Crippen LogP contribution >= 0.6 is 0 Å². The molecule has 1 unspecified atom stereocenters. The number of nitrogens with one attached hydrogen (secondary N) is 1. The van der Waals surface area contributed by atoms with Crippen molar-refractivity contribution in [1.82, 2.24) is 10.2 Å². The van der Waals surface area contributed by atoms with Crippen molar-refractivity contribution >= 4 is 5.91 Å². The molecule has 0 saturated carbocycles. The normalized spacial score (nSPS) is 25.5. The Kier molecular flexibility index (Phi) is 2.84. The van der Waals surface area contributed by atoms with Crippen LogP contribution in [0, 0.1) is 0 Å². The third-order valence-corrected chi connectivity index (χ3v) is 1.89. The van der Waals surface area contributed by atoms with Crippen LogP contribution < -0.4 is 5.32 Å². The Labute approximate surface area is 66.2 Å². The Morgan fingerprint density at radius 1 is 1.82 bits per heavy atom. The molecule has 2 N–H and O–H groups in total. The molecule has 1 atom stereocenters. The minimum Gasteiger partial charge on any atom is -0.392 e. The number of aliphatic hydroxyl groups excluding tert-OH is 1. The zero-order chi connectivity index (χ0) is 8.27. The van der Waals surface area contributed by atoms with Crippen molar-refractivity contribution in [3.8, 4) is 0 Å². The summed E-state index contributed by atoms with van der Waals surface area (Å²) in [5, 5.41) is 11.7. The second-order valence-electron chi connectivity index (χ2n) is 2.85. The van der Waals surface area contributed by atoms with Gasteiger partial charge >= 0.3 is 0 Å². The molecule has 0 bridgehead atoms. The number of likely N-dealkylation sites (N-methyl/N-ethyl adjacent to an activating group) is 1. The fourth-order valence-electron chi connectivity index (χ4n) is 1.24. The molecule has 4 heteroatoms. The molecule has 4 nitrogen and oxygen atoms in total. The predicted molar refractivity (Wildman–Crippen MR) is 41.1 cm³/mol. The number of hydrogen-bond acceptors (Lipinski definition) is 3. The van der Waals surface area contributed by atoms with Crippen molar-refractivity contribution in [3.05, 3.63) is 0 Å². The van der Waals surface area contributed by atoms with Crippen molar-refractivity contribution in [3.63, 3.8) is 0 Å². The maximum atomic E-state index is 10.8. The summed E-state index contributed by atoms with van der Waals surface area (Å²) in [6, 6.07) is 0. The first-order valence-corrected chi connectivity index (χ1v) is 3.83. The first kappa shape index (κ1) is 8.49. The number of aliphatic hydroxyl groups is 1. The molecule has 0 aromatic heterocycles. The molecule has 1 fully saturated rings. The molecule has 0 spiro atoms.